The Hall–Kier alpha value is -1.51. The molecule has 0 bridgehead atoms. The van der Waals surface area contributed by atoms with Crippen molar-refractivity contribution in [1.29, 1.82) is 0 Å². The fourth-order valence-corrected chi connectivity index (χ4v) is 1.62. The van der Waals surface area contributed by atoms with Gasteiger partial charge in [0.1, 0.15) is 0 Å². The zero-order chi connectivity index (χ0) is 12.0. The molecule has 0 atom stereocenters. The first-order valence-corrected chi connectivity index (χ1v) is 5.73. The molecule has 1 aromatic rings. The van der Waals surface area contributed by atoms with Gasteiger partial charge >= 0.3 is 5.97 Å². The number of carboxylic acid groups (broad SMARTS) is 1. The molecule has 0 saturated heterocycles. The van der Waals surface area contributed by atoms with Gasteiger partial charge in [-0.2, -0.15) is 0 Å². The van der Waals surface area contributed by atoms with Gasteiger partial charge in [-0.1, -0.05) is 19.8 Å². The highest BCUT2D eigenvalue weighted by molar-refractivity contribution is 5.89. The molecule has 1 rings (SSSR count). The first-order chi connectivity index (χ1) is 7.65. The first kappa shape index (κ1) is 12.6. The summed E-state index contributed by atoms with van der Waals surface area (Å²) in [6, 6.07) is 5.36. The minimum absolute atomic E-state index is 0.374. The van der Waals surface area contributed by atoms with Crippen LogP contribution in [-0.4, -0.2) is 17.6 Å². The highest BCUT2D eigenvalue weighted by Crippen LogP contribution is 2.15. The van der Waals surface area contributed by atoms with Crippen LogP contribution in [0.4, 0.5) is 5.69 Å². The number of hydrogen-bond donors (Lipinski definition) is 2. The molecule has 3 heteroatoms. The topological polar surface area (TPSA) is 49.3 Å². The van der Waals surface area contributed by atoms with Crippen LogP contribution >= 0.6 is 0 Å². The molecule has 1 aromatic carbocycles. The summed E-state index contributed by atoms with van der Waals surface area (Å²) in [7, 11) is 0. The van der Waals surface area contributed by atoms with E-state index in [0.717, 1.165) is 24.2 Å². The zero-order valence-corrected chi connectivity index (χ0v) is 9.92. The van der Waals surface area contributed by atoms with Crippen molar-refractivity contribution < 1.29 is 9.90 Å². The number of aromatic carboxylic acids is 1. The second-order valence-electron chi connectivity index (χ2n) is 3.97. The van der Waals surface area contributed by atoms with Crippen molar-refractivity contribution in [2.24, 2.45) is 0 Å². The molecule has 0 aliphatic rings. The van der Waals surface area contributed by atoms with Gasteiger partial charge < -0.3 is 10.4 Å². The molecule has 0 radical (unpaired) electrons. The number of nitrogens with one attached hydrogen (secondary N) is 1. The average Bonchev–Trinajstić information content (AvgIpc) is 2.24. The number of hydrogen-bond acceptors (Lipinski definition) is 2. The molecule has 0 fully saturated rings. The Balaban J connectivity index is 2.56. The van der Waals surface area contributed by atoms with E-state index >= 15 is 0 Å². The van der Waals surface area contributed by atoms with Crippen LogP contribution in [0.15, 0.2) is 18.2 Å². The molecule has 0 aromatic heterocycles. The summed E-state index contributed by atoms with van der Waals surface area (Å²) < 4.78 is 0. The molecule has 0 saturated carbocycles. The van der Waals surface area contributed by atoms with E-state index < -0.39 is 5.97 Å². The molecule has 3 nitrogen and oxygen atoms in total. The quantitative estimate of drug-likeness (QED) is 0.725. The summed E-state index contributed by atoms with van der Waals surface area (Å²) in [5.74, 6) is -0.866. The Morgan fingerprint density at radius 2 is 2.12 bits per heavy atom. The largest absolute Gasteiger partial charge is 0.478 e. The maximum atomic E-state index is 10.8. The van der Waals surface area contributed by atoms with Gasteiger partial charge in [-0.25, -0.2) is 4.79 Å². The number of rotatable bonds is 6. The normalized spacial score (nSPS) is 10.1. The van der Waals surface area contributed by atoms with Crippen molar-refractivity contribution in [3.05, 3.63) is 29.3 Å². The maximum absolute atomic E-state index is 10.8. The summed E-state index contributed by atoms with van der Waals surface area (Å²) in [6.07, 6.45) is 3.58. The molecule has 2 N–H and O–H groups in total. The van der Waals surface area contributed by atoms with Gasteiger partial charge in [0, 0.05) is 12.2 Å². The number of carbonyl (C=O) groups is 1. The Morgan fingerprint density at radius 3 is 2.69 bits per heavy atom. The SMILES string of the molecule is CCCCCNc1ccc(C(=O)O)c(C)c1. The van der Waals surface area contributed by atoms with E-state index in [1.807, 2.05) is 19.1 Å². The lowest BCUT2D eigenvalue weighted by Crippen LogP contribution is -2.04. The van der Waals surface area contributed by atoms with Gasteiger partial charge in [0.2, 0.25) is 0 Å². The summed E-state index contributed by atoms with van der Waals surface area (Å²) in [4.78, 5) is 10.8. The van der Waals surface area contributed by atoms with E-state index in [0.29, 0.717) is 5.56 Å². The standard InChI is InChI=1S/C13H19NO2/c1-3-4-5-8-14-11-6-7-12(13(15)16)10(2)9-11/h6-7,9,14H,3-5,8H2,1-2H3,(H,15,16). The Bertz CT molecular complexity index is 361. The summed E-state index contributed by atoms with van der Waals surface area (Å²) in [5, 5.41) is 12.2. The highest BCUT2D eigenvalue weighted by atomic mass is 16.4. The number of unbranched alkanes of at least 4 members (excludes halogenated alkanes) is 2. The van der Waals surface area contributed by atoms with Crippen LogP contribution < -0.4 is 5.32 Å². The monoisotopic (exact) mass is 221 g/mol. The molecule has 0 amide bonds. The van der Waals surface area contributed by atoms with E-state index in [4.69, 9.17) is 5.11 Å². The molecule has 0 spiro atoms. The Kier molecular flexibility index (Phi) is 4.83. The third-order valence-electron chi connectivity index (χ3n) is 2.57. The first-order valence-electron chi connectivity index (χ1n) is 5.73. The molecule has 0 aliphatic heterocycles. The molecule has 0 heterocycles. The van der Waals surface area contributed by atoms with E-state index in [1.165, 1.54) is 12.8 Å². The second-order valence-corrected chi connectivity index (χ2v) is 3.97. The number of carboxylic acids is 1. The van der Waals surface area contributed by atoms with E-state index in [9.17, 15) is 4.79 Å². The number of benzene rings is 1. The van der Waals surface area contributed by atoms with Gasteiger partial charge in [0.05, 0.1) is 5.56 Å². The summed E-state index contributed by atoms with van der Waals surface area (Å²) >= 11 is 0. The van der Waals surface area contributed by atoms with Gasteiger partial charge in [-0.3, -0.25) is 0 Å². The summed E-state index contributed by atoms with van der Waals surface area (Å²) in [6.45, 7) is 4.94. The minimum Gasteiger partial charge on any atom is -0.478 e. The zero-order valence-electron chi connectivity index (χ0n) is 9.92. The average molecular weight is 221 g/mol. The maximum Gasteiger partial charge on any atom is 0.335 e. The third kappa shape index (κ3) is 3.57. The van der Waals surface area contributed by atoms with Gasteiger partial charge in [-0.15, -0.1) is 0 Å². The number of anilines is 1. The van der Waals surface area contributed by atoms with Crippen molar-refractivity contribution in [2.45, 2.75) is 33.1 Å². The lowest BCUT2D eigenvalue weighted by atomic mass is 10.1. The third-order valence-corrected chi connectivity index (χ3v) is 2.57. The van der Waals surface area contributed by atoms with Crippen molar-refractivity contribution in [3.63, 3.8) is 0 Å². The van der Waals surface area contributed by atoms with Crippen molar-refractivity contribution in [3.8, 4) is 0 Å². The van der Waals surface area contributed by atoms with Crippen LogP contribution in [-0.2, 0) is 0 Å². The fraction of sp³-hybridized carbons (Fsp3) is 0.462. The lowest BCUT2D eigenvalue weighted by molar-refractivity contribution is 0.0696. The van der Waals surface area contributed by atoms with Crippen molar-refractivity contribution in [1.82, 2.24) is 0 Å². The minimum atomic E-state index is -0.866. The Morgan fingerprint density at radius 1 is 1.38 bits per heavy atom. The van der Waals surface area contributed by atoms with Crippen LogP contribution in [0, 0.1) is 6.92 Å². The van der Waals surface area contributed by atoms with Crippen molar-refractivity contribution in [2.75, 3.05) is 11.9 Å². The smallest absolute Gasteiger partial charge is 0.335 e. The van der Waals surface area contributed by atoms with E-state index in [-0.39, 0.29) is 0 Å². The predicted octanol–water partition coefficient (Wildman–Crippen LogP) is 3.30. The van der Waals surface area contributed by atoms with Crippen LogP contribution in [0.2, 0.25) is 0 Å². The predicted molar refractivity (Wildman–Crippen MR) is 66.2 cm³/mol. The van der Waals surface area contributed by atoms with E-state index in [2.05, 4.69) is 12.2 Å². The van der Waals surface area contributed by atoms with Gasteiger partial charge in [0.15, 0.2) is 0 Å². The summed E-state index contributed by atoms with van der Waals surface area (Å²) in [5.41, 5.74) is 2.17. The second kappa shape index (κ2) is 6.16. The molecule has 16 heavy (non-hydrogen) atoms. The highest BCUT2D eigenvalue weighted by Gasteiger charge is 2.06. The lowest BCUT2D eigenvalue weighted by Gasteiger charge is -2.08. The van der Waals surface area contributed by atoms with Gasteiger partial charge in [0.25, 0.3) is 0 Å². The molecule has 0 aliphatic carbocycles. The fourth-order valence-electron chi connectivity index (χ4n) is 1.62. The van der Waals surface area contributed by atoms with Crippen LogP contribution in [0.1, 0.15) is 42.1 Å². The molecular formula is C13H19NO2. The van der Waals surface area contributed by atoms with Crippen LogP contribution in [0.25, 0.3) is 0 Å². The van der Waals surface area contributed by atoms with Crippen molar-refractivity contribution >= 4 is 11.7 Å². The van der Waals surface area contributed by atoms with Crippen LogP contribution in [0.5, 0.6) is 0 Å². The van der Waals surface area contributed by atoms with Gasteiger partial charge in [-0.05, 0) is 37.1 Å². The molecule has 0 unspecified atom stereocenters. The van der Waals surface area contributed by atoms with Crippen LogP contribution in [0.3, 0.4) is 0 Å². The molecular weight excluding hydrogens is 202 g/mol. The van der Waals surface area contributed by atoms with E-state index in [1.54, 1.807) is 6.07 Å². The Labute approximate surface area is 96.5 Å². The number of aryl methyl sites for hydroxylation is 1. The molecule has 88 valence electrons.